The lowest BCUT2D eigenvalue weighted by molar-refractivity contribution is 0.327. The fraction of sp³-hybridized carbons (Fsp3) is 0.357. The smallest absolute Gasteiger partial charge is 0.213 e. The minimum Gasteiger partial charge on any atom is -0.478 e. The molecule has 96 valence electrons. The van der Waals surface area contributed by atoms with Crippen molar-refractivity contribution in [3.8, 4) is 5.88 Å². The van der Waals surface area contributed by atoms with Crippen molar-refractivity contribution in [2.45, 2.75) is 26.8 Å². The summed E-state index contributed by atoms with van der Waals surface area (Å²) in [5, 5.41) is 5.57. The van der Waals surface area contributed by atoms with Crippen LogP contribution in [0.2, 0.25) is 0 Å². The number of anilines is 1. The quantitative estimate of drug-likeness (QED) is 0.883. The maximum Gasteiger partial charge on any atom is 0.213 e. The van der Waals surface area contributed by atoms with E-state index in [0.717, 1.165) is 5.69 Å². The fourth-order valence-electron chi connectivity index (χ4n) is 1.84. The third kappa shape index (κ3) is 3.01. The monoisotopic (exact) mass is 262 g/mol. The maximum atomic E-state index is 5.32. The van der Waals surface area contributed by atoms with Gasteiger partial charge in [0.25, 0.3) is 0 Å². The molecule has 2 heterocycles. The summed E-state index contributed by atoms with van der Waals surface area (Å²) in [4.78, 5) is 5.61. The molecule has 2 aromatic rings. The van der Waals surface area contributed by atoms with Crippen LogP contribution in [-0.2, 0) is 0 Å². The summed E-state index contributed by atoms with van der Waals surface area (Å²) in [6.45, 7) is 6.90. The zero-order valence-corrected chi connectivity index (χ0v) is 11.8. The van der Waals surface area contributed by atoms with Gasteiger partial charge in [-0.1, -0.05) is 0 Å². The van der Waals surface area contributed by atoms with Gasteiger partial charge in [-0.3, -0.25) is 0 Å². The van der Waals surface area contributed by atoms with E-state index >= 15 is 0 Å². The van der Waals surface area contributed by atoms with E-state index in [4.69, 9.17) is 4.74 Å². The molecule has 1 atom stereocenters. The molecule has 18 heavy (non-hydrogen) atoms. The standard InChI is InChI=1S/C14H18N2OS/c1-4-17-13-6-5-12(9-15-13)16-11(3)14-10(2)7-8-18-14/h5-9,11,16H,4H2,1-3H3. The van der Waals surface area contributed by atoms with E-state index in [1.54, 1.807) is 11.3 Å². The van der Waals surface area contributed by atoms with Crippen molar-refractivity contribution in [1.82, 2.24) is 4.98 Å². The van der Waals surface area contributed by atoms with Crippen molar-refractivity contribution in [3.05, 3.63) is 40.2 Å². The SMILES string of the molecule is CCOc1ccc(NC(C)c2sccc2C)cn1. The topological polar surface area (TPSA) is 34.1 Å². The Balaban J connectivity index is 2.03. The Labute approximate surface area is 112 Å². The minimum atomic E-state index is 0.296. The average molecular weight is 262 g/mol. The number of hydrogen-bond donors (Lipinski definition) is 1. The minimum absolute atomic E-state index is 0.296. The number of rotatable bonds is 5. The molecule has 1 N–H and O–H groups in total. The first kappa shape index (κ1) is 12.9. The summed E-state index contributed by atoms with van der Waals surface area (Å²) in [6.07, 6.45) is 1.81. The molecule has 0 aliphatic rings. The predicted molar refractivity (Wildman–Crippen MR) is 76.5 cm³/mol. The first-order chi connectivity index (χ1) is 8.70. The normalized spacial score (nSPS) is 12.2. The van der Waals surface area contributed by atoms with E-state index < -0.39 is 0 Å². The molecule has 0 bridgehead atoms. The molecule has 0 spiro atoms. The lowest BCUT2D eigenvalue weighted by Gasteiger charge is -2.15. The summed E-state index contributed by atoms with van der Waals surface area (Å²) < 4.78 is 5.32. The molecule has 4 heteroatoms. The highest BCUT2D eigenvalue weighted by Crippen LogP contribution is 2.26. The van der Waals surface area contributed by atoms with Crippen LogP contribution < -0.4 is 10.1 Å². The van der Waals surface area contributed by atoms with E-state index in [-0.39, 0.29) is 0 Å². The fourth-order valence-corrected chi connectivity index (χ4v) is 2.78. The van der Waals surface area contributed by atoms with Gasteiger partial charge >= 0.3 is 0 Å². The molecular formula is C14H18N2OS. The first-order valence-corrected chi connectivity index (χ1v) is 6.98. The number of nitrogens with zero attached hydrogens (tertiary/aromatic N) is 1. The van der Waals surface area contributed by atoms with Gasteiger partial charge in [0.1, 0.15) is 0 Å². The number of aryl methyl sites for hydroxylation is 1. The lowest BCUT2D eigenvalue weighted by Crippen LogP contribution is -2.06. The Morgan fingerprint density at radius 3 is 2.78 bits per heavy atom. The number of hydrogen-bond acceptors (Lipinski definition) is 4. The zero-order chi connectivity index (χ0) is 13.0. The summed E-state index contributed by atoms with van der Waals surface area (Å²) in [5.41, 5.74) is 2.35. The third-order valence-corrected chi connectivity index (χ3v) is 3.91. The number of nitrogens with one attached hydrogen (secondary N) is 1. The molecule has 0 saturated carbocycles. The second-order valence-corrected chi connectivity index (χ2v) is 5.10. The number of ether oxygens (including phenoxy) is 1. The number of aromatic nitrogens is 1. The van der Waals surface area contributed by atoms with Crippen LogP contribution in [0.1, 0.15) is 30.3 Å². The van der Waals surface area contributed by atoms with Gasteiger partial charge in [0.15, 0.2) is 0 Å². The van der Waals surface area contributed by atoms with Crippen LogP contribution in [0.3, 0.4) is 0 Å². The first-order valence-electron chi connectivity index (χ1n) is 6.10. The summed E-state index contributed by atoms with van der Waals surface area (Å²) in [6, 6.07) is 6.33. The van der Waals surface area contributed by atoms with Gasteiger partial charge in [0.2, 0.25) is 5.88 Å². The van der Waals surface area contributed by atoms with Crippen molar-refractivity contribution >= 4 is 17.0 Å². The predicted octanol–water partition coefficient (Wildman–Crippen LogP) is 4.02. The highest BCUT2D eigenvalue weighted by atomic mass is 32.1. The van der Waals surface area contributed by atoms with Crippen LogP contribution in [0.5, 0.6) is 5.88 Å². The van der Waals surface area contributed by atoms with Crippen molar-refractivity contribution < 1.29 is 4.74 Å². The Bertz CT molecular complexity index is 493. The van der Waals surface area contributed by atoms with E-state index in [2.05, 4.69) is 35.6 Å². The van der Waals surface area contributed by atoms with E-state index in [0.29, 0.717) is 18.5 Å². The molecule has 0 aliphatic carbocycles. The van der Waals surface area contributed by atoms with Crippen molar-refractivity contribution in [3.63, 3.8) is 0 Å². The van der Waals surface area contributed by atoms with Crippen molar-refractivity contribution in [2.24, 2.45) is 0 Å². The summed E-state index contributed by atoms with van der Waals surface area (Å²) in [5.74, 6) is 0.669. The van der Waals surface area contributed by atoms with Gasteiger partial charge < -0.3 is 10.1 Å². The van der Waals surface area contributed by atoms with Crippen LogP contribution in [0.4, 0.5) is 5.69 Å². The van der Waals surface area contributed by atoms with Gasteiger partial charge in [0.05, 0.1) is 24.5 Å². The molecule has 2 rings (SSSR count). The highest BCUT2D eigenvalue weighted by molar-refractivity contribution is 7.10. The van der Waals surface area contributed by atoms with Gasteiger partial charge in [-0.2, -0.15) is 0 Å². The molecule has 0 amide bonds. The molecule has 1 unspecified atom stereocenters. The Hall–Kier alpha value is -1.55. The van der Waals surface area contributed by atoms with Gasteiger partial charge in [-0.15, -0.1) is 11.3 Å². The maximum absolute atomic E-state index is 5.32. The molecule has 0 aliphatic heterocycles. The number of pyridine rings is 1. The molecule has 3 nitrogen and oxygen atoms in total. The molecule has 2 aromatic heterocycles. The second-order valence-electron chi connectivity index (χ2n) is 4.15. The van der Waals surface area contributed by atoms with Gasteiger partial charge in [-0.05, 0) is 43.8 Å². The van der Waals surface area contributed by atoms with Gasteiger partial charge in [-0.25, -0.2) is 4.98 Å². The van der Waals surface area contributed by atoms with Crippen LogP contribution >= 0.6 is 11.3 Å². The highest BCUT2D eigenvalue weighted by Gasteiger charge is 2.09. The van der Waals surface area contributed by atoms with Gasteiger partial charge in [0, 0.05) is 10.9 Å². The third-order valence-electron chi connectivity index (χ3n) is 2.71. The van der Waals surface area contributed by atoms with Crippen LogP contribution in [0.15, 0.2) is 29.8 Å². The van der Waals surface area contributed by atoms with E-state index in [1.165, 1.54) is 10.4 Å². The van der Waals surface area contributed by atoms with Crippen LogP contribution in [0, 0.1) is 6.92 Å². The Morgan fingerprint density at radius 2 is 2.22 bits per heavy atom. The Morgan fingerprint density at radius 1 is 1.39 bits per heavy atom. The molecular weight excluding hydrogens is 244 g/mol. The summed E-state index contributed by atoms with van der Waals surface area (Å²) >= 11 is 1.78. The van der Waals surface area contributed by atoms with E-state index in [9.17, 15) is 0 Å². The molecule has 0 saturated heterocycles. The molecule has 0 fully saturated rings. The summed E-state index contributed by atoms with van der Waals surface area (Å²) in [7, 11) is 0. The number of thiophene rings is 1. The van der Waals surface area contributed by atoms with Crippen LogP contribution in [-0.4, -0.2) is 11.6 Å². The lowest BCUT2D eigenvalue weighted by atomic mass is 10.2. The van der Waals surface area contributed by atoms with E-state index in [1.807, 2.05) is 25.3 Å². The second kappa shape index (κ2) is 5.87. The van der Waals surface area contributed by atoms with Crippen LogP contribution in [0.25, 0.3) is 0 Å². The molecule has 0 radical (unpaired) electrons. The zero-order valence-electron chi connectivity index (χ0n) is 10.9. The average Bonchev–Trinajstić information content (AvgIpc) is 2.78. The Kier molecular flexibility index (Phi) is 4.20. The van der Waals surface area contributed by atoms with Crippen molar-refractivity contribution in [2.75, 3.05) is 11.9 Å². The molecule has 0 aromatic carbocycles. The largest absolute Gasteiger partial charge is 0.478 e. The van der Waals surface area contributed by atoms with Crippen molar-refractivity contribution in [1.29, 1.82) is 0 Å².